The normalized spacial score (nSPS) is 12.9. The van der Waals surface area contributed by atoms with Gasteiger partial charge < -0.3 is 5.11 Å². The van der Waals surface area contributed by atoms with Crippen LogP contribution in [0.1, 0.15) is 12.8 Å². The fourth-order valence-electron chi connectivity index (χ4n) is 1.00. The summed E-state index contributed by atoms with van der Waals surface area (Å²) in [7, 11) is -5.65. The van der Waals surface area contributed by atoms with E-state index in [0.29, 0.717) is 0 Å². The molecule has 0 aliphatic carbocycles. The summed E-state index contributed by atoms with van der Waals surface area (Å²) in [6.07, 6.45) is 1.04. The van der Waals surface area contributed by atoms with Gasteiger partial charge in [-0.3, -0.25) is 4.79 Å². The lowest BCUT2D eigenvalue weighted by Crippen LogP contribution is -2.32. The van der Waals surface area contributed by atoms with E-state index in [2.05, 4.69) is 0 Å². The van der Waals surface area contributed by atoms with E-state index in [1.165, 1.54) is 7.05 Å². The van der Waals surface area contributed by atoms with E-state index in [1.54, 1.807) is 0 Å². The lowest BCUT2D eigenvalue weighted by atomic mass is 10.3. The zero-order valence-electron chi connectivity index (χ0n) is 9.79. The minimum Gasteiger partial charge on any atom is -0.481 e. The zero-order valence-corrected chi connectivity index (χ0v) is 11.4. The first-order chi connectivity index (χ1) is 7.54. The lowest BCUT2D eigenvalue weighted by Gasteiger charge is -2.16. The third-order valence-corrected chi connectivity index (χ3v) is 5.11. The summed E-state index contributed by atoms with van der Waals surface area (Å²) in [5, 5.41) is 8.39. The fraction of sp³-hybridized carbons (Fsp3) is 0.875. The molecule has 0 saturated heterocycles. The molecule has 0 aromatic carbocycles. The molecule has 0 radical (unpaired) electrons. The van der Waals surface area contributed by atoms with Crippen molar-refractivity contribution in [3.05, 3.63) is 0 Å². The van der Waals surface area contributed by atoms with Gasteiger partial charge in [-0.1, -0.05) is 0 Å². The third-order valence-electron chi connectivity index (χ3n) is 2.05. The van der Waals surface area contributed by atoms with E-state index in [9.17, 15) is 21.6 Å². The van der Waals surface area contributed by atoms with Gasteiger partial charge in [-0.25, -0.2) is 21.1 Å². The van der Waals surface area contributed by atoms with Crippen LogP contribution < -0.4 is 0 Å². The molecule has 0 bridgehead atoms. The van der Waals surface area contributed by atoms with Crippen LogP contribution in [-0.4, -0.2) is 63.6 Å². The quantitative estimate of drug-likeness (QED) is 0.623. The maximum atomic E-state index is 11.6. The number of sulfone groups is 1. The van der Waals surface area contributed by atoms with Crippen LogP contribution in [0.4, 0.5) is 0 Å². The van der Waals surface area contributed by atoms with Gasteiger partial charge in [0.05, 0.1) is 11.5 Å². The van der Waals surface area contributed by atoms with Gasteiger partial charge in [0.1, 0.15) is 9.84 Å². The Morgan fingerprint density at radius 1 is 1.18 bits per heavy atom. The Hall–Kier alpha value is -0.670. The van der Waals surface area contributed by atoms with Gasteiger partial charge in [0, 0.05) is 26.3 Å². The molecule has 0 fully saturated rings. The molecule has 17 heavy (non-hydrogen) atoms. The van der Waals surface area contributed by atoms with Crippen molar-refractivity contribution in [2.45, 2.75) is 12.8 Å². The molecule has 0 aromatic heterocycles. The van der Waals surface area contributed by atoms with Crippen LogP contribution in [0.5, 0.6) is 0 Å². The predicted molar refractivity (Wildman–Crippen MR) is 63.0 cm³/mol. The second kappa shape index (κ2) is 6.31. The molecule has 0 aliphatic heterocycles. The molecule has 0 aliphatic rings. The maximum absolute atomic E-state index is 11.6. The van der Waals surface area contributed by atoms with Crippen molar-refractivity contribution in [2.24, 2.45) is 0 Å². The first-order valence-electron chi connectivity index (χ1n) is 4.88. The lowest BCUT2D eigenvalue weighted by molar-refractivity contribution is -0.137. The van der Waals surface area contributed by atoms with Crippen molar-refractivity contribution in [1.29, 1.82) is 0 Å². The molecule has 102 valence electrons. The van der Waals surface area contributed by atoms with Gasteiger partial charge in [0.15, 0.2) is 0 Å². The van der Waals surface area contributed by atoms with E-state index < -0.39 is 37.3 Å². The van der Waals surface area contributed by atoms with E-state index in [0.717, 1.165) is 10.6 Å². The Kier molecular flexibility index (Phi) is 6.06. The highest BCUT2D eigenvalue weighted by Crippen LogP contribution is 2.02. The number of carboxylic acid groups (broad SMARTS) is 1. The van der Waals surface area contributed by atoms with Crippen LogP contribution in [0.15, 0.2) is 0 Å². The van der Waals surface area contributed by atoms with Crippen LogP contribution in [0.2, 0.25) is 0 Å². The van der Waals surface area contributed by atoms with Gasteiger partial charge >= 0.3 is 5.97 Å². The van der Waals surface area contributed by atoms with Crippen molar-refractivity contribution in [2.75, 3.05) is 31.4 Å². The molecule has 0 saturated carbocycles. The topological polar surface area (TPSA) is 109 Å². The fourth-order valence-corrected chi connectivity index (χ4v) is 3.78. The summed E-state index contributed by atoms with van der Waals surface area (Å²) in [4.78, 5) is 10.2. The monoisotopic (exact) mass is 287 g/mol. The molecule has 0 unspecified atom stereocenters. The summed E-state index contributed by atoms with van der Waals surface area (Å²) in [5.74, 6) is -1.90. The second-order valence-electron chi connectivity index (χ2n) is 3.76. The minimum atomic E-state index is -3.63. The van der Waals surface area contributed by atoms with Gasteiger partial charge in [-0.2, -0.15) is 0 Å². The number of carbonyl (C=O) groups is 1. The number of hydrogen-bond donors (Lipinski definition) is 1. The molecular formula is C8H17NO6S2. The number of rotatable bonds is 8. The SMILES string of the molecule is CN(CCCC(=O)O)S(=O)(=O)CCS(C)(=O)=O. The number of hydrogen-bond acceptors (Lipinski definition) is 5. The predicted octanol–water partition coefficient (Wildman–Crippen LogP) is -0.843. The van der Waals surface area contributed by atoms with E-state index >= 15 is 0 Å². The van der Waals surface area contributed by atoms with Gasteiger partial charge in [0.25, 0.3) is 0 Å². The number of nitrogens with zero attached hydrogens (tertiary/aromatic N) is 1. The molecule has 0 heterocycles. The molecular weight excluding hydrogens is 270 g/mol. The Morgan fingerprint density at radius 2 is 1.71 bits per heavy atom. The molecule has 0 rings (SSSR count). The minimum absolute atomic E-state index is 0.0679. The van der Waals surface area contributed by atoms with Crippen molar-refractivity contribution in [3.8, 4) is 0 Å². The summed E-state index contributed by atoms with van der Waals surface area (Å²) >= 11 is 0. The Morgan fingerprint density at radius 3 is 2.12 bits per heavy atom. The standard InChI is InChI=1S/C8H17NO6S2/c1-9(5-3-4-8(10)11)17(14,15)7-6-16(2,12)13/h3-7H2,1-2H3,(H,10,11). The number of sulfonamides is 1. The first-order valence-corrected chi connectivity index (χ1v) is 8.55. The molecule has 0 spiro atoms. The van der Waals surface area contributed by atoms with Crippen molar-refractivity contribution in [1.82, 2.24) is 4.31 Å². The summed E-state index contributed by atoms with van der Waals surface area (Å²) in [5.41, 5.74) is 0. The highest BCUT2D eigenvalue weighted by atomic mass is 32.2. The Balaban J connectivity index is 4.26. The van der Waals surface area contributed by atoms with Crippen LogP contribution in [-0.2, 0) is 24.7 Å². The summed E-state index contributed by atoms with van der Waals surface area (Å²) in [6.45, 7) is 0.0679. The van der Waals surface area contributed by atoms with E-state index in [4.69, 9.17) is 5.11 Å². The smallest absolute Gasteiger partial charge is 0.303 e. The molecule has 0 aromatic rings. The van der Waals surface area contributed by atoms with Gasteiger partial charge in [0.2, 0.25) is 10.0 Å². The summed E-state index contributed by atoms with van der Waals surface area (Å²) < 4.78 is 45.8. The van der Waals surface area contributed by atoms with Crippen molar-refractivity contribution < 1.29 is 26.7 Å². The van der Waals surface area contributed by atoms with Gasteiger partial charge in [-0.05, 0) is 6.42 Å². The van der Waals surface area contributed by atoms with E-state index in [1.807, 2.05) is 0 Å². The van der Waals surface area contributed by atoms with Crippen LogP contribution in [0.25, 0.3) is 0 Å². The largest absolute Gasteiger partial charge is 0.481 e. The van der Waals surface area contributed by atoms with Gasteiger partial charge in [-0.15, -0.1) is 0 Å². The average Bonchev–Trinajstić information content (AvgIpc) is 2.13. The molecule has 0 atom stereocenters. The molecule has 9 heteroatoms. The first kappa shape index (κ1) is 16.3. The third kappa shape index (κ3) is 8.11. The maximum Gasteiger partial charge on any atom is 0.303 e. The molecule has 7 nitrogen and oxygen atoms in total. The summed E-state index contributed by atoms with van der Waals surface area (Å²) in [6, 6.07) is 0. The zero-order chi connectivity index (χ0) is 13.7. The van der Waals surface area contributed by atoms with Crippen molar-refractivity contribution >= 4 is 25.8 Å². The van der Waals surface area contributed by atoms with Crippen LogP contribution in [0, 0.1) is 0 Å². The second-order valence-corrected chi connectivity index (χ2v) is 8.22. The number of aliphatic carboxylic acids is 1. The molecule has 1 N–H and O–H groups in total. The van der Waals surface area contributed by atoms with Crippen molar-refractivity contribution in [3.63, 3.8) is 0 Å². The van der Waals surface area contributed by atoms with Crippen LogP contribution in [0.3, 0.4) is 0 Å². The van der Waals surface area contributed by atoms with Crippen LogP contribution >= 0.6 is 0 Å². The Labute approximate surface area is 101 Å². The average molecular weight is 287 g/mol. The Bertz CT molecular complexity index is 452. The number of carboxylic acids is 1. The highest BCUT2D eigenvalue weighted by molar-refractivity contribution is 7.93. The molecule has 0 amide bonds. The van der Waals surface area contributed by atoms with E-state index in [-0.39, 0.29) is 19.4 Å². The highest BCUT2D eigenvalue weighted by Gasteiger charge is 2.19.